The molecule has 0 bridgehead atoms. The van der Waals surface area contributed by atoms with E-state index in [1.807, 2.05) is 13.8 Å². The van der Waals surface area contributed by atoms with Gasteiger partial charge in [-0.15, -0.1) is 0 Å². The van der Waals surface area contributed by atoms with Crippen LogP contribution in [-0.2, 0) is 4.79 Å². The molecule has 0 aliphatic carbocycles. The zero-order valence-electron chi connectivity index (χ0n) is 11.4. The Labute approximate surface area is 115 Å². The second-order valence-corrected chi connectivity index (χ2v) is 4.68. The lowest BCUT2D eigenvalue weighted by Gasteiger charge is -2.20. The minimum absolute atomic E-state index is 0.131. The summed E-state index contributed by atoms with van der Waals surface area (Å²) in [5, 5.41) is 0. The Morgan fingerprint density at radius 2 is 2.05 bits per heavy atom. The molecule has 1 aromatic rings. The van der Waals surface area contributed by atoms with Crippen LogP contribution in [0.1, 0.15) is 31.7 Å². The van der Waals surface area contributed by atoms with E-state index in [1.165, 1.54) is 12.1 Å². The molecule has 1 amide bonds. The van der Waals surface area contributed by atoms with Gasteiger partial charge in [0.25, 0.3) is 0 Å². The van der Waals surface area contributed by atoms with Gasteiger partial charge in [0.15, 0.2) is 6.61 Å². The van der Waals surface area contributed by atoms with E-state index < -0.39 is 18.7 Å². The van der Waals surface area contributed by atoms with Crippen molar-refractivity contribution in [3.63, 3.8) is 0 Å². The summed E-state index contributed by atoms with van der Waals surface area (Å²) in [6, 6.07) is 6.32. The molecule has 20 heavy (non-hydrogen) atoms. The average molecular weight is 289 g/mol. The van der Waals surface area contributed by atoms with Crippen LogP contribution in [0.2, 0.25) is 0 Å². The Bertz CT molecular complexity index is 460. The highest BCUT2D eigenvalue weighted by Gasteiger charge is 2.28. The van der Waals surface area contributed by atoms with Gasteiger partial charge in [-0.25, -0.2) is 0 Å². The molecule has 0 radical (unpaired) electrons. The van der Waals surface area contributed by atoms with Crippen LogP contribution in [0.3, 0.4) is 0 Å². The molecule has 0 aromatic heterocycles. The Balaban J connectivity index is 2.84. The highest BCUT2D eigenvalue weighted by atomic mass is 19.4. The number of nitrogens with two attached hydrogens (primary N) is 1. The van der Waals surface area contributed by atoms with Crippen LogP contribution in [0, 0.1) is 5.92 Å². The summed E-state index contributed by atoms with van der Waals surface area (Å²) in [5.74, 6) is -0.813. The first-order valence-corrected chi connectivity index (χ1v) is 6.33. The molecule has 0 fully saturated rings. The third-order valence-electron chi connectivity index (χ3n) is 3.20. The normalized spacial score (nSPS) is 14.7. The minimum Gasteiger partial charge on any atom is -0.484 e. The lowest BCUT2D eigenvalue weighted by Crippen LogP contribution is -2.27. The monoisotopic (exact) mass is 289 g/mol. The Morgan fingerprint density at radius 3 is 2.55 bits per heavy atom. The molecule has 0 aliphatic heterocycles. The molecule has 0 heterocycles. The number of alkyl halides is 3. The number of hydrogen-bond donors (Lipinski definition) is 1. The number of primary amides is 1. The number of amides is 1. The van der Waals surface area contributed by atoms with Crippen LogP contribution in [0.5, 0.6) is 5.75 Å². The lowest BCUT2D eigenvalue weighted by molar-refractivity contribution is -0.153. The Morgan fingerprint density at radius 1 is 1.40 bits per heavy atom. The molecule has 2 N–H and O–H groups in total. The van der Waals surface area contributed by atoms with Crippen molar-refractivity contribution in [2.24, 2.45) is 11.7 Å². The topological polar surface area (TPSA) is 52.3 Å². The van der Waals surface area contributed by atoms with Gasteiger partial charge in [-0.05, 0) is 30.0 Å². The lowest BCUT2D eigenvalue weighted by atomic mass is 9.85. The van der Waals surface area contributed by atoms with E-state index in [4.69, 9.17) is 10.5 Å². The van der Waals surface area contributed by atoms with Crippen molar-refractivity contribution in [3.8, 4) is 5.75 Å². The van der Waals surface area contributed by atoms with Crippen LogP contribution >= 0.6 is 0 Å². The van der Waals surface area contributed by atoms with Gasteiger partial charge in [0.05, 0.1) is 0 Å². The summed E-state index contributed by atoms with van der Waals surface area (Å²) in [4.78, 5) is 11.3. The predicted molar refractivity (Wildman–Crippen MR) is 69.4 cm³/mol. The van der Waals surface area contributed by atoms with Crippen molar-refractivity contribution < 1.29 is 22.7 Å². The zero-order valence-corrected chi connectivity index (χ0v) is 11.4. The Hall–Kier alpha value is -1.72. The van der Waals surface area contributed by atoms with E-state index in [1.54, 1.807) is 12.1 Å². The molecule has 1 aromatic carbocycles. The molecule has 0 aliphatic rings. The number of hydrogen-bond acceptors (Lipinski definition) is 2. The molecule has 3 nitrogen and oxygen atoms in total. The summed E-state index contributed by atoms with van der Waals surface area (Å²) < 4.78 is 41.0. The third-order valence-corrected chi connectivity index (χ3v) is 3.20. The van der Waals surface area contributed by atoms with Gasteiger partial charge >= 0.3 is 6.18 Å². The van der Waals surface area contributed by atoms with Crippen molar-refractivity contribution >= 4 is 5.91 Å². The fourth-order valence-corrected chi connectivity index (χ4v) is 2.09. The number of carbonyl (C=O) groups excluding carboxylic acids is 1. The van der Waals surface area contributed by atoms with E-state index in [0.717, 1.165) is 5.56 Å². The van der Waals surface area contributed by atoms with Gasteiger partial charge in [0.1, 0.15) is 5.75 Å². The van der Waals surface area contributed by atoms with Gasteiger partial charge in [-0.2, -0.15) is 13.2 Å². The van der Waals surface area contributed by atoms with E-state index in [0.29, 0.717) is 6.42 Å². The molecular weight excluding hydrogens is 271 g/mol. The highest BCUT2D eigenvalue weighted by molar-refractivity contribution is 5.77. The van der Waals surface area contributed by atoms with Gasteiger partial charge in [-0.1, -0.05) is 26.0 Å². The van der Waals surface area contributed by atoms with Gasteiger partial charge < -0.3 is 10.5 Å². The minimum atomic E-state index is -4.37. The van der Waals surface area contributed by atoms with Crippen molar-refractivity contribution in [2.45, 2.75) is 32.4 Å². The third kappa shape index (κ3) is 4.75. The van der Waals surface area contributed by atoms with Crippen molar-refractivity contribution in [1.82, 2.24) is 0 Å². The van der Waals surface area contributed by atoms with Crippen LogP contribution in [0.25, 0.3) is 0 Å². The van der Waals surface area contributed by atoms with Gasteiger partial charge in [0, 0.05) is 5.92 Å². The zero-order chi connectivity index (χ0) is 15.3. The molecule has 112 valence electrons. The standard InChI is InChI=1S/C14H18F3NO2/c1-3-12(13(18)19)9(2)10-5-4-6-11(7-10)20-8-14(15,16)17/h4-7,9,12H,3,8H2,1-2H3,(H2,18,19)/t9-,12?/m1/s1. The fraction of sp³-hybridized carbons (Fsp3) is 0.500. The number of halogens is 3. The highest BCUT2D eigenvalue weighted by Crippen LogP contribution is 2.29. The van der Waals surface area contributed by atoms with Crippen molar-refractivity contribution in [3.05, 3.63) is 29.8 Å². The summed E-state index contributed by atoms with van der Waals surface area (Å²) in [6.07, 6.45) is -3.80. The van der Waals surface area contributed by atoms with Crippen LogP contribution in [-0.4, -0.2) is 18.7 Å². The smallest absolute Gasteiger partial charge is 0.422 e. The van der Waals surface area contributed by atoms with E-state index in [-0.39, 0.29) is 17.6 Å². The SMILES string of the molecule is CCC(C(N)=O)[C@H](C)c1cccc(OCC(F)(F)F)c1. The summed E-state index contributed by atoms with van der Waals surface area (Å²) in [6.45, 7) is 2.33. The number of ether oxygens (including phenoxy) is 1. The second kappa shape index (κ2) is 6.63. The van der Waals surface area contributed by atoms with Crippen molar-refractivity contribution in [2.75, 3.05) is 6.61 Å². The molecular formula is C14H18F3NO2. The maximum atomic E-state index is 12.1. The largest absolute Gasteiger partial charge is 0.484 e. The molecule has 0 spiro atoms. The molecule has 0 saturated heterocycles. The van der Waals surface area contributed by atoms with E-state index in [2.05, 4.69) is 0 Å². The summed E-state index contributed by atoms with van der Waals surface area (Å²) >= 11 is 0. The molecule has 2 atom stereocenters. The first-order valence-electron chi connectivity index (χ1n) is 6.33. The fourth-order valence-electron chi connectivity index (χ4n) is 2.09. The second-order valence-electron chi connectivity index (χ2n) is 4.68. The molecule has 1 rings (SSSR count). The predicted octanol–water partition coefficient (Wildman–Crippen LogP) is 3.24. The van der Waals surface area contributed by atoms with Gasteiger partial charge in [0.2, 0.25) is 5.91 Å². The van der Waals surface area contributed by atoms with Crippen LogP contribution < -0.4 is 10.5 Å². The van der Waals surface area contributed by atoms with Gasteiger partial charge in [-0.3, -0.25) is 4.79 Å². The number of carbonyl (C=O) groups is 1. The Kier molecular flexibility index (Phi) is 5.42. The maximum Gasteiger partial charge on any atom is 0.422 e. The van der Waals surface area contributed by atoms with Crippen LogP contribution in [0.4, 0.5) is 13.2 Å². The summed E-state index contributed by atoms with van der Waals surface area (Å²) in [5.41, 5.74) is 6.05. The first-order chi connectivity index (χ1) is 9.24. The average Bonchev–Trinajstić information content (AvgIpc) is 2.36. The van der Waals surface area contributed by atoms with E-state index in [9.17, 15) is 18.0 Å². The number of benzene rings is 1. The molecule has 6 heteroatoms. The molecule has 0 saturated carbocycles. The first kappa shape index (κ1) is 16.3. The van der Waals surface area contributed by atoms with Crippen LogP contribution in [0.15, 0.2) is 24.3 Å². The van der Waals surface area contributed by atoms with E-state index >= 15 is 0 Å². The quantitative estimate of drug-likeness (QED) is 0.874. The summed E-state index contributed by atoms with van der Waals surface area (Å²) in [7, 11) is 0. The molecule has 1 unspecified atom stereocenters. The number of rotatable bonds is 6. The van der Waals surface area contributed by atoms with Crippen molar-refractivity contribution in [1.29, 1.82) is 0 Å². The maximum absolute atomic E-state index is 12.1.